The number of nitrogens with zero attached hydrogens (tertiary/aromatic N) is 3. The Bertz CT molecular complexity index is 772. The maximum atomic E-state index is 13.0. The van der Waals surface area contributed by atoms with Crippen LogP contribution in [0.3, 0.4) is 0 Å². The lowest BCUT2D eigenvalue weighted by atomic mass is 9.99. The first-order valence-corrected chi connectivity index (χ1v) is 6.44. The van der Waals surface area contributed by atoms with Crippen molar-refractivity contribution in [3.8, 4) is 22.4 Å². The highest BCUT2D eigenvalue weighted by Crippen LogP contribution is 2.36. The Hall–Kier alpha value is -2.76. The molecule has 0 N–H and O–H groups in total. The van der Waals surface area contributed by atoms with Gasteiger partial charge in [0, 0.05) is 42.1 Å². The highest BCUT2D eigenvalue weighted by Gasteiger charge is 2.32. The van der Waals surface area contributed by atoms with Crippen molar-refractivity contribution < 1.29 is 13.2 Å². The zero-order chi connectivity index (χ0) is 15.6. The molecule has 0 atom stereocenters. The molecule has 3 aromatic rings. The van der Waals surface area contributed by atoms with Crippen LogP contribution in [0, 0.1) is 0 Å². The van der Waals surface area contributed by atoms with Crippen LogP contribution in [0.25, 0.3) is 22.4 Å². The van der Waals surface area contributed by atoms with Crippen LogP contribution in [0.4, 0.5) is 13.2 Å². The van der Waals surface area contributed by atoms with Crippen molar-refractivity contribution in [1.82, 2.24) is 15.0 Å². The molecule has 0 radical (unpaired) electrons. The Morgan fingerprint density at radius 1 is 0.773 bits per heavy atom. The Kier molecular flexibility index (Phi) is 3.58. The predicted molar refractivity (Wildman–Crippen MR) is 75.7 cm³/mol. The second-order valence-corrected chi connectivity index (χ2v) is 4.59. The molecule has 0 saturated heterocycles. The van der Waals surface area contributed by atoms with Gasteiger partial charge in [-0.05, 0) is 35.9 Å². The van der Waals surface area contributed by atoms with Gasteiger partial charge in [-0.25, -0.2) is 0 Å². The topological polar surface area (TPSA) is 38.7 Å². The van der Waals surface area contributed by atoms with Gasteiger partial charge in [0.15, 0.2) is 0 Å². The number of hydrogen-bond donors (Lipinski definition) is 0. The summed E-state index contributed by atoms with van der Waals surface area (Å²) in [5.41, 5.74) is 1.43. The van der Waals surface area contributed by atoms with Crippen molar-refractivity contribution in [1.29, 1.82) is 0 Å². The van der Waals surface area contributed by atoms with E-state index in [1.165, 1.54) is 12.4 Å². The van der Waals surface area contributed by atoms with Crippen LogP contribution in [0.15, 0.2) is 61.3 Å². The summed E-state index contributed by atoms with van der Waals surface area (Å²) in [6.45, 7) is 0. The lowest BCUT2D eigenvalue weighted by molar-refractivity contribution is -0.137. The minimum atomic E-state index is -4.44. The normalized spacial score (nSPS) is 11.4. The predicted octanol–water partition coefficient (Wildman–Crippen LogP) is 4.22. The molecular weight excluding hydrogens is 291 g/mol. The Morgan fingerprint density at radius 3 is 1.86 bits per heavy atom. The monoisotopic (exact) mass is 301 g/mol. The van der Waals surface area contributed by atoms with Crippen molar-refractivity contribution in [3.05, 3.63) is 66.9 Å². The van der Waals surface area contributed by atoms with E-state index in [1.54, 1.807) is 36.7 Å². The van der Waals surface area contributed by atoms with Crippen molar-refractivity contribution in [2.75, 3.05) is 0 Å². The van der Waals surface area contributed by atoms with Gasteiger partial charge >= 0.3 is 6.18 Å². The average Bonchev–Trinajstić information content (AvgIpc) is 2.55. The molecule has 0 aliphatic heterocycles. The quantitative estimate of drug-likeness (QED) is 0.711. The van der Waals surface area contributed by atoms with Gasteiger partial charge in [0.25, 0.3) is 0 Å². The highest BCUT2D eigenvalue weighted by atomic mass is 19.4. The maximum absolute atomic E-state index is 13.0. The molecule has 0 aliphatic carbocycles. The molecule has 0 unspecified atom stereocenters. The van der Waals surface area contributed by atoms with E-state index in [0.717, 1.165) is 12.3 Å². The molecule has 3 nitrogen and oxygen atoms in total. The molecule has 3 aromatic heterocycles. The fourth-order valence-electron chi connectivity index (χ4n) is 2.11. The van der Waals surface area contributed by atoms with E-state index in [2.05, 4.69) is 15.0 Å². The van der Waals surface area contributed by atoms with Gasteiger partial charge < -0.3 is 0 Å². The third kappa shape index (κ3) is 2.81. The number of rotatable bonds is 2. The van der Waals surface area contributed by atoms with E-state index in [-0.39, 0.29) is 0 Å². The molecule has 22 heavy (non-hydrogen) atoms. The van der Waals surface area contributed by atoms with Crippen molar-refractivity contribution >= 4 is 0 Å². The van der Waals surface area contributed by atoms with E-state index < -0.39 is 11.7 Å². The van der Waals surface area contributed by atoms with Gasteiger partial charge in [-0.2, -0.15) is 13.2 Å². The number of pyridine rings is 3. The van der Waals surface area contributed by atoms with Gasteiger partial charge in [-0.15, -0.1) is 0 Å². The van der Waals surface area contributed by atoms with Crippen LogP contribution < -0.4 is 0 Å². The number of hydrogen-bond acceptors (Lipinski definition) is 3. The van der Waals surface area contributed by atoms with Gasteiger partial charge in [-0.1, -0.05) is 0 Å². The zero-order valence-electron chi connectivity index (χ0n) is 11.2. The molecule has 0 saturated carbocycles. The summed E-state index contributed by atoms with van der Waals surface area (Å²) < 4.78 is 38.9. The van der Waals surface area contributed by atoms with Gasteiger partial charge in [0.2, 0.25) is 0 Å². The highest BCUT2D eigenvalue weighted by molar-refractivity contribution is 5.80. The first kappa shape index (κ1) is 14.2. The van der Waals surface area contributed by atoms with Gasteiger partial charge in [-0.3, -0.25) is 15.0 Å². The van der Waals surface area contributed by atoms with E-state index in [4.69, 9.17) is 0 Å². The molecule has 0 fully saturated rings. The van der Waals surface area contributed by atoms with E-state index in [9.17, 15) is 13.2 Å². The minimum absolute atomic E-state index is 0.406. The molecule has 3 heterocycles. The summed E-state index contributed by atoms with van der Waals surface area (Å²) in [7, 11) is 0. The molecule has 0 bridgehead atoms. The van der Waals surface area contributed by atoms with Gasteiger partial charge in [0.05, 0.1) is 11.3 Å². The van der Waals surface area contributed by atoms with E-state index in [1.807, 2.05) is 0 Å². The zero-order valence-corrected chi connectivity index (χ0v) is 11.2. The summed E-state index contributed by atoms with van der Waals surface area (Å²) in [4.78, 5) is 11.8. The maximum Gasteiger partial charge on any atom is 0.417 e. The molecule has 0 aromatic carbocycles. The van der Waals surface area contributed by atoms with Gasteiger partial charge in [0.1, 0.15) is 0 Å². The number of alkyl halides is 3. The van der Waals surface area contributed by atoms with Crippen molar-refractivity contribution in [2.24, 2.45) is 0 Å². The first-order valence-electron chi connectivity index (χ1n) is 6.44. The van der Waals surface area contributed by atoms with Crippen LogP contribution in [0.5, 0.6) is 0 Å². The Morgan fingerprint density at radius 2 is 1.32 bits per heavy atom. The Labute approximate surface area is 124 Å². The molecule has 110 valence electrons. The van der Waals surface area contributed by atoms with Crippen LogP contribution >= 0.6 is 0 Å². The smallest absolute Gasteiger partial charge is 0.265 e. The van der Waals surface area contributed by atoms with Crippen LogP contribution in [0.1, 0.15) is 5.56 Å². The standard InChI is InChI=1S/C16H10F3N3/c17-16(18,19)13-9-14(11-1-5-20-6-2-11)15(22-10-13)12-3-7-21-8-4-12/h1-10H. The summed E-state index contributed by atoms with van der Waals surface area (Å²) in [5, 5.41) is 0. The molecule has 3 rings (SSSR count). The average molecular weight is 301 g/mol. The molecule has 0 aliphatic rings. The number of halogens is 3. The molecule has 6 heteroatoms. The fraction of sp³-hybridized carbons (Fsp3) is 0.0625. The number of aromatic nitrogens is 3. The molecule has 0 amide bonds. The second-order valence-electron chi connectivity index (χ2n) is 4.59. The van der Waals surface area contributed by atoms with Crippen LogP contribution in [0.2, 0.25) is 0 Å². The summed E-state index contributed by atoms with van der Waals surface area (Å²) in [6, 6.07) is 7.84. The lowest BCUT2D eigenvalue weighted by Crippen LogP contribution is -2.06. The fourth-order valence-corrected chi connectivity index (χ4v) is 2.11. The van der Waals surface area contributed by atoms with Crippen LogP contribution in [-0.2, 0) is 6.18 Å². The van der Waals surface area contributed by atoms with Crippen LogP contribution in [-0.4, -0.2) is 15.0 Å². The van der Waals surface area contributed by atoms with Crippen molar-refractivity contribution in [3.63, 3.8) is 0 Å². The largest absolute Gasteiger partial charge is 0.417 e. The summed E-state index contributed by atoms with van der Waals surface area (Å²) >= 11 is 0. The summed E-state index contributed by atoms with van der Waals surface area (Å²) in [5.74, 6) is 0. The van der Waals surface area contributed by atoms with Crippen molar-refractivity contribution in [2.45, 2.75) is 6.18 Å². The molecule has 0 spiro atoms. The third-order valence-electron chi connectivity index (χ3n) is 3.16. The third-order valence-corrected chi connectivity index (χ3v) is 3.16. The summed E-state index contributed by atoms with van der Waals surface area (Å²) in [6.07, 6.45) is 2.62. The second kappa shape index (κ2) is 5.55. The lowest BCUT2D eigenvalue weighted by Gasteiger charge is -2.13. The minimum Gasteiger partial charge on any atom is -0.265 e. The van der Waals surface area contributed by atoms with E-state index in [0.29, 0.717) is 22.4 Å². The van der Waals surface area contributed by atoms with E-state index >= 15 is 0 Å². The Balaban J connectivity index is 2.23. The first-order chi connectivity index (χ1) is 10.6. The SMILES string of the molecule is FC(F)(F)c1cnc(-c2ccncc2)c(-c2ccncc2)c1. The molecular formula is C16H10F3N3.